The summed E-state index contributed by atoms with van der Waals surface area (Å²) < 4.78 is 93.6. The van der Waals surface area contributed by atoms with Gasteiger partial charge in [-0.3, -0.25) is 0 Å². The average molecular weight is 418 g/mol. The Kier molecular flexibility index (Phi) is 6.01. The molecule has 3 nitrogen and oxygen atoms in total. The van der Waals surface area contributed by atoms with Crippen LogP contribution in [0.15, 0.2) is 60.7 Å². The van der Waals surface area contributed by atoms with Crippen LogP contribution in [0.25, 0.3) is 0 Å². The lowest BCUT2D eigenvalue weighted by Crippen LogP contribution is -2.54. The van der Waals surface area contributed by atoms with Gasteiger partial charge >= 0.3 is 18.3 Å². The minimum absolute atomic E-state index is 0.0206. The van der Waals surface area contributed by atoms with Crippen molar-refractivity contribution in [2.75, 3.05) is 7.11 Å². The van der Waals surface area contributed by atoms with Crippen LogP contribution in [0.3, 0.4) is 0 Å². The van der Waals surface area contributed by atoms with Crippen molar-refractivity contribution < 1.29 is 40.6 Å². The Morgan fingerprint density at radius 2 is 1.17 bits per heavy atom. The number of benzene rings is 2. The first-order valence-corrected chi connectivity index (χ1v) is 8.10. The first kappa shape index (κ1) is 22.3. The molecule has 0 saturated heterocycles. The second-order valence-electron chi connectivity index (χ2n) is 6.17. The number of halogens is 6. The number of carbonyl (C=O) groups excluding carboxylic acids is 1. The highest BCUT2D eigenvalue weighted by Crippen LogP contribution is 2.56. The summed E-state index contributed by atoms with van der Waals surface area (Å²) in [5.74, 6) is -0.963. The molecule has 0 aromatic heterocycles. The fourth-order valence-electron chi connectivity index (χ4n) is 2.79. The number of methoxy groups -OCH3 is 1. The smallest absolute Gasteiger partial charge is 0.411 e. The predicted molar refractivity (Wildman–Crippen MR) is 92.8 cm³/mol. The molecule has 2 aromatic rings. The summed E-state index contributed by atoms with van der Waals surface area (Å²) in [6.45, 7) is 4.69. The zero-order chi connectivity index (χ0) is 22.0. The lowest BCUT2D eigenvalue weighted by atomic mass is 9.73. The molecule has 0 heterocycles. The van der Waals surface area contributed by atoms with Gasteiger partial charge in [0.25, 0.3) is 0 Å². The Bertz CT molecular complexity index is 866. The summed E-state index contributed by atoms with van der Waals surface area (Å²) in [4.78, 5) is 11.5. The van der Waals surface area contributed by atoms with Crippen LogP contribution in [0.5, 0.6) is 11.5 Å². The van der Waals surface area contributed by atoms with Crippen LogP contribution >= 0.6 is 0 Å². The van der Waals surface area contributed by atoms with Gasteiger partial charge in [-0.2, -0.15) is 26.3 Å². The van der Waals surface area contributed by atoms with Crippen LogP contribution in [-0.2, 0) is 10.2 Å². The van der Waals surface area contributed by atoms with Crippen molar-refractivity contribution >= 4 is 5.97 Å². The Morgan fingerprint density at radius 1 is 0.793 bits per heavy atom. The minimum Gasteiger partial charge on any atom is -0.497 e. The quantitative estimate of drug-likeness (QED) is 0.275. The Morgan fingerprint density at radius 3 is 1.48 bits per heavy atom. The maximum absolute atomic E-state index is 14.0. The zero-order valence-electron chi connectivity index (χ0n) is 15.3. The van der Waals surface area contributed by atoms with Crippen LogP contribution in [0.4, 0.5) is 26.3 Å². The third-order valence-corrected chi connectivity index (χ3v) is 4.22. The monoisotopic (exact) mass is 418 g/mol. The maximum atomic E-state index is 14.0. The van der Waals surface area contributed by atoms with E-state index in [9.17, 15) is 31.1 Å². The summed E-state index contributed by atoms with van der Waals surface area (Å²) in [5, 5.41) is 0. The molecule has 0 saturated carbocycles. The number of carbonyl (C=O) groups is 1. The molecule has 0 amide bonds. The number of hydrogen-bond donors (Lipinski definition) is 0. The molecule has 0 radical (unpaired) electrons. The van der Waals surface area contributed by atoms with Gasteiger partial charge < -0.3 is 9.47 Å². The molecule has 0 atom stereocenters. The standard InChI is InChI=1S/C20H16F6O3/c1-12(2)17(27)29-16-10-6-14(7-11-16)18(19(21,22)23,20(24,25)26)13-4-8-15(28-3)9-5-13/h4-11H,1H2,2-3H3. The molecule has 0 N–H and O–H groups in total. The van der Waals surface area contributed by atoms with Gasteiger partial charge in [-0.25, -0.2) is 4.79 Å². The van der Waals surface area contributed by atoms with E-state index in [4.69, 9.17) is 9.47 Å². The number of rotatable bonds is 5. The van der Waals surface area contributed by atoms with E-state index < -0.39 is 34.9 Å². The molecule has 0 aliphatic heterocycles. The largest absolute Gasteiger partial charge is 0.497 e. The van der Waals surface area contributed by atoms with E-state index >= 15 is 0 Å². The Hall–Kier alpha value is -2.97. The highest BCUT2D eigenvalue weighted by atomic mass is 19.4. The summed E-state index contributed by atoms with van der Waals surface area (Å²) >= 11 is 0. The molecular formula is C20H16F6O3. The van der Waals surface area contributed by atoms with Crippen molar-refractivity contribution in [1.29, 1.82) is 0 Å². The predicted octanol–water partition coefficient (Wildman–Crippen LogP) is 5.59. The van der Waals surface area contributed by atoms with Gasteiger partial charge in [0.2, 0.25) is 5.41 Å². The van der Waals surface area contributed by atoms with E-state index in [2.05, 4.69) is 6.58 Å². The van der Waals surface area contributed by atoms with E-state index in [1.807, 2.05) is 0 Å². The van der Waals surface area contributed by atoms with E-state index in [0.717, 1.165) is 36.4 Å². The Labute approximate surface area is 162 Å². The molecule has 156 valence electrons. The van der Waals surface area contributed by atoms with Gasteiger partial charge in [0.05, 0.1) is 7.11 Å². The molecule has 0 unspecified atom stereocenters. The van der Waals surface area contributed by atoms with Crippen molar-refractivity contribution in [2.45, 2.75) is 24.7 Å². The van der Waals surface area contributed by atoms with Crippen LogP contribution in [0.1, 0.15) is 18.1 Å². The third-order valence-electron chi connectivity index (χ3n) is 4.22. The van der Waals surface area contributed by atoms with E-state index in [1.165, 1.54) is 14.0 Å². The van der Waals surface area contributed by atoms with Gasteiger partial charge in [0.1, 0.15) is 11.5 Å². The molecular weight excluding hydrogens is 402 g/mol. The highest BCUT2D eigenvalue weighted by molar-refractivity contribution is 5.88. The number of ether oxygens (including phenoxy) is 2. The van der Waals surface area contributed by atoms with Crippen molar-refractivity contribution in [3.8, 4) is 11.5 Å². The maximum Gasteiger partial charge on any atom is 0.411 e. The Balaban J connectivity index is 2.67. The number of esters is 1. The van der Waals surface area contributed by atoms with Gasteiger partial charge in [-0.05, 0) is 42.3 Å². The number of alkyl halides is 6. The van der Waals surface area contributed by atoms with Crippen molar-refractivity contribution in [3.05, 3.63) is 71.8 Å². The van der Waals surface area contributed by atoms with Crippen molar-refractivity contribution in [2.24, 2.45) is 0 Å². The lowest BCUT2D eigenvalue weighted by molar-refractivity contribution is -0.288. The van der Waals surface area contributed by atoms with Crippen LogP contribution in [0, 0.1) is 0 Å². The minimum atomic E-state index is -5.71. The summed E-state index contributed by atoms with van der Waals surface area (Å²) in [7, 11) is 1.24. The van der Waals surface area contributed by atoms with Crippen LogP contribution in [0.2, 0.25) is 0 Å². The molecule has 0 aliphatic carbocycles. The molecule has 2 aromatic carbocycles. The van der Waals surface area contributed by atoms with Gasteiger partial charge in [-0.15, -0.1) is 0 Å². The summed E-state index contributed by atoms with van der Waals surface area (Å²) in [6.07, 6.45) is -11.4. The lowest BCUT2D eigenvalue weighted by Gasteiger charge is -2.38. The first-order chi connectivity index (χ1) is 13.3. The average Bonchev–Trinajstić information content (AvgIpc) is 2.61. The second kappa shape index (κ2) is 7.81. The normalized spacial score (nSPS) is 12.4. The molecule has 9 heteroatoms. The SMILES string of the molecule is C=C(C)C(=O)Oc1ccc(C(c2ccc(OC)cc2)(C(F)(F)F)C(F)(F)F)cc1. The van der Waals surface area contributed by atoms with E-state index in [1.54, 1.807) is 0 Å². The molecule has 0 spiro atoms. The van der Waals surface area contributed by atoms with Gasteiger partial charge in [0, 0.05) is 5.57 Å². The summed E-state index contributed by atoms with van der Waals surface area (Å²) in [5.41, 5.74) is -6.36. The zero-order valence-corrected chi connectivity index (χ0v) is 15.3. The van der Waals surface area contributed by atoms with Crippen molar-refractivity contribution in [3.63, 3.8) is 0 Å². The molecule has 2 rings (SSSR count). The van der Waals surface area contributed by atoms with Crippen LogP contribution < -0.4 is 9.47 Å². The first-order valence-electron chi connectivity index (χ1n) is 8.10. The van der Waals surface area contributed by atoms with Gasteiger partial charge in [-0.1, -0.05) is 30.8 Å². The van der Waals surface area contributed by atoms with Crippen molar-refractivity contribution in [1.82, 2.24) is 0 Å². The highest BCUT2D eigenvalue weighted by Gasteiger charge is 2.72. The van der Waals surface area contributed by atoms with Crippen LogP contribution in [-0.4, -0.2) is 25.4 Å². The molecule has 0 aliphatic rings. The fraction of sp³-hybridized carbons (Fsp3) is 0.250. The van der Waals surface area contributed by atoms with Gasteiger partial charge in [0.15, 0.2) is 0 Å². The molecule has 0 bridgehead atoms. The van der Waals surface area contributed by atoms with E-state index in [-0.39, 0.29) is 17.1 Å². The molecule has 0 fully saturated rings. The number of hydrogen-bond acceptors (Lipinski definition) is 3. The molecule has 29 heavy (non-hydrogen) atoms. The van der Waals surface area contributed by atoms with E-state index in [0.29, 0.717) is 12.1 Å². The fourth-order valence-corrected chi connectivity index (χ4v) is 2.79. The second-order valence-corrected chi connectivity index (χ2v) is 6.17. The topological polar surface area (TPSA) is 35.5 Å². The summed E-state index contributed by atoms with van der Waals surface area (Å²) in [6, 6.07) is 6.47. The third kappa shape index (κ3) is 4.08.